The average molecular weight is 428 g/mol. The second-order valence-electron chi connectivity index (χ2n) is 5.97. The Bertz CT molecular complexity index is 509. The molecular weight excluding hydrogens is 403 g/mol. The van der Waals surface area contributed by atoms with E-state index in [1.54, 1.807) is 7.11 Å². The number of ether oxygens (including phenoxy) is 1. The smallest absolute Gasteiger partial charge is 0.134 e. The van der Waals surface area contributed by atoms with Crippen molar-refractivity contribution >= 4 is 40.7 Å². The first kappa shape index (κ1) is 20.8. The molecule has 1 atom stereocenters. The molecule has 23 heavy (non-hydrogen) atoms. The largest absolute Gasteiger partial charge is 0.506 e. The molecule has 4 nitrogen and oxygen atoms in total. The lowest BCUT2D eigenvalue weighted by molar-refractivity contribution is 0.0817. The van der Waals surface area contributed by atoms with Crippen LogP contribution in [0, 0.1) is 5.92 Å². The van der Waals surface area contributed by atoms with Gasteiger partial charge < -0.3 is 15.2 Å². The van der Waals surface area contributed by atoms with Gasteiger partial charge in [0, 0.05) is 37.8 Å². The van der Waals surface area contributed by atoms with E-state index in [1.165, 1.54) is 19.3 Å². The molecule has 2 aliphatic rings. The summed E-state index contributed by atoms with van der Waals surface area (Å²) in [5.74, 6) is 1.81. The highest BCUT2D eigenvalue weighted by Crippen LogP contribution is 2.46. The first-order chi connectivity index (χ1) is 10.2. The summed E-state index contributed by atoms with van der Waals surface area (Å²) in [6.45, 7) is 4.12. The van der Waals surface area contributed by atoms with Gasteiger partial charge in [-0.25, -0.2) is 0 Å². The number of rotatable bonds is 4. The van der Waals surface area contributed by atoms with Gasteiger partial charge in [0.05, 0.1) is 11.6 Å². The SMILES string of the molecule is COc1cc(Br)c(O)c([C@H](C2CCC2)N2CCNCC2)c1.Cl.Cl. The lowest BCUT2D eigenvalue weighted by Crippen LogP contribution is -2.47. The summed E-state index contributed by atoms with van der Waals surface area (Å²) in [6, 6.07) is 4.13. The van der Waals surface area contributed by atoms with Gasteiger partial charge >= 0.3 is 0 Å². The van der Waals surface area contributed by atoms with Gasteiger partial charge in [-0.2, -0.15) is 0 Å². The maximum absolute atomic E-state index is 10.5. The van der Waals surface area contributed by atoms with Crippen LogP contribution in [0.3, 0.4) is 0 Å². The lowest BCUT2D eigenvalue weighted by Gasteiger charge is -2.43. The standard InChI is InChI=1S/C16H23BrN2O2.2ClH/c1-21-12-9-13(16(20)14(17)10-12)15(11-3-2-4-11)19-7-5-18-6-8-19;;/h9-11,15,18,20H,2-8H2,1H3;2*1H/t15-;;/m0../s1. The molecule has 1 aromatic carbocycles. The normalized spacial score (nSPS) is 19.9. The van der Waals surface area contributed by atoms with Gasteiger partial charge in [-0.3, -0.25) is 4.90 Å². The van der Waals surface area contributed by atoms with Crippen LogP contribution in [0.4, 0.5) is 0 Å². The number of halogens is 3. The third-order valence-corrected chi connectivity index (χ3v) is 5.37. The zero-order chi connectivity index (χ0) is 14.8. The van der Waals surface area contributed by atoms with E-state index in [0.717, 1.165) is 42.0 Å². The van der Waals surface area contributed by atoms with E-state index < -0.39 is 0 Å². The Kier molecular flexibility index (Phi) is 8.45. The minimum absolute atomic E-state index is 0. The van der Waals surface area contributed by atoms with Gasteiger partial charge in [-0.15, -0.1) is 24.8 Å². The Morgan fingerprint density at radius 1 is 1.26 bits per heavy atom. The zero-order valence-corrected chi connectivity index (χ0v) is 16.5. The summed E-state index contributed by atoms with van der Waals surface area (Å²) in [6.07, 6.45) is 3.81. The van der Waals surface area contributed by atoms with Crippen LogP contribution in [0.15, 0.2) is 16.6 Å². The molecule has 0 amide bonds. The number of phenols is 1. The molecule has 3 rings (SSSR count). The molecule has 1 heterocycles. The van der Waals surface area contributed by atoms with E-state index in [9.17, 15) is 5.11 Å². The minimum Gasteiger partial charge on any atom is -0.506 e. The highest BCUT2D eigenvalue weighted by molar-refractivity contribution is 9.10. The van der Waals surface area contributed by atoms with Crippen LogP contribution in [0.1, 0.15) is 30.9 Å². The second kappa shape index (κ2) is 9.33. The Morgan fingerprint density at radius 2 is 1.91 bits per heavy atom. The summed E-state index contributed by atoms with van der Waals surface area (Å²) in [4.78, 5) is 2.52. The van der Waals surface area contributed by atoms with Crippen LogP contribution in [-0.4, -0.2) is 43.3 Å². The van der Waals surface area contributed by atoms with E-state index in [4.69, 9.17) is 4.74 Å². The number of piperazine rings is 1. The monoisotopic (exact) mass is 426 g/mol. The molecule has 1 aliphatic carbocycles. The minimum atomic E-state index is 0. The Labute approximate surface area is 158 Å². The van der Waals surface area contributed by atoms with Crippen LogP contribution in [0.5, 0.6) is 11.5 Å². The Balaban J connectivity index is 0.00000132. The number of hydrogen-bond acceptors (Lipinski definition) is 4. The van der Waals surface area contributed by atoms with Crippen molar-refractivity contribution in [3.05, 3.63) is 22.2 Å². The summed E-state index contributed by atoms with van der Waals surface area (Å²) in [5.41, 5.74) is 1.01. The highest BCUT2D eigenvalue weighted by Gasteiger charge is 2.35. The molecule has 0 spiro atoms. The number of hydrogen-bond donors (Lipinski definition) is 2. The van der Waals surface area contributed by atoms with Gasteiger partial charge in [-0.05, 0) is 46.8 Å². The third kappa shape index (κ3) is 4.45. The van der Waals surface area contributed by atoms with E-state index >= 15 is 0 Å². The highest BCUT2D eigenvalue weighted by atomic mass is 79.9. The van der Waals surface area contributed by atoms with Gasteiger partial charge in [-0.1, -0.05) is 6.42 Å². The number of aromatic hydroxyl groups is 1. The van der Waals surface area contributed by atoms with Crippen molar-refractivity contribution in [2.75, 3.05) is 33.3 Å². The number of benzene rings is 1. The first-order valence-corrected chi connectivity index (χ1v) is 8.51. The van der Waals surface area contributed by atoms with Crippen LogP contribution >= 0.6 is 40.7 Å². The topological polar surface area (TPSA) is 44.7 Å². The van der Waals surface area contributed by atoms with E-state index in [0.29, 0.717) is 17.7 Å². The van der Waals surface area contributed by atoms with E-state index in [2.05, 4.69) is 26.1 Å². The zero-order valence-electron chi connectivity index (χ0n) is 13.3. The van der Waals surface area contributed by atoms with Gasteiger partial charge in [0.2, 0.25) is 0 Å². The van der Waals surface area contributed by atoms with Crippen molar-refractivity contribution < 1.29 is 9.84 Å². The molecule has 2 fully saturated rings. The molecule has 2 N–H and O–H groups in total. The Hall–Kier alpha value is -0.200. The van der Waals surface area contributed by atoms with Crippen molar-refractivity contribution in [1.29, 1.82) is 0 Å². The predicted molar refractivity (Wildman–Crippen MR) is 101 cm³/mol. The maximum Gasteiger partial charge on any atom is 0.134 e. The molecule has 1 saturated heterocycles. The van der Waals surface area contributed by atoms with Gasteiger partial charge in [0.15, 0.2) is 0 Å². The summed E-state index contributed by atoms with van der Waals surface area (Å²) >= 11 is 3.46. The van der Waals surface area contributed by atoms with Gasteiger partial charge in [0.1, 0.15) is 11.5 Å². The molecule has 132 valence electrons. The van der Waals surface area contributed by atoms with Crippen molar-refractivity contribution in [2.24, 2.45) is 5.92 Å². The molecule has 1 aliphatic heterocycles. The van der Waals surface area contributed by atoms with Crippen LogP contribution in [0.25, 0.3) is 0 Å². The predicted octanol–water partition coefficient (Wildman–Crippen LogP) is 3.75. The number of nitrogens with zero attached hydrogens (tertiary/aromatic N) is 1. The molecule has 1 saturated carbocycles. The first-order valence-electron chi connectivity index (χ1n) is 7.72. The lowest BCUT2D eigenvalue weighted by atomic mass is 9.76. The van der Waals surface area contributed by atoms with Crippen molar-refractivity contribution in [1.82, 2.24) is 10.2 Å². The molecule has 0 bridgehead atoms. The second-order valence-corrected chi connectivity index (χ2v) is 6.82. The molecule has 1 aromatic rings. The summed E-state index contributed by atoms with van der Waals surface area (Å²) < 4.78 is 6.11. The number of methoxy groups -OCH3 is 1. The van der Waals surface area contributed by atoms with E-state index in [1.807, 2.05) is 12.1 Å². The van der Waals surface area contributed by atoms with Crippen LogP contribution < -0.4 is 10.1 Å². The molecule has 0 radical (unpaired) electrons. The fourth-order valence-corrected chi connectivity index (χ4v) is 3.86. The van der Waals surface area contributed by atoms with Crippen LogP contribution in [0.2, 0.25) is 0 Å². The molecule has 0 aromatic heterocycles. The molecular formula is C16H25BrCl2N2O2. The van der Waals surface area contributed by atoms with Crippen molar-refractivity contribution in [2.45, 2.75) is 25.3 Å². The number of nitrogens with one attached hydrogen (secondary N) is 1. The van der Waals surface area contributed by atoms with Crippen molar-refractivity contribution in [3.8, 4) is 11.5 Å². The van der Waals surface area contributed by atoms with Crippen molar-refractivity contribution in [3.63, 3.8) is 0 Å². The summed E-state index contributed by atoms with van der Waals surface area (Å²) in [5, 5.41) is 13.9. The van der Waals surface area contributed by atoms with Gasteiger partial charge in [0.25, 0.3) is 0 Å². The maximum atomic E-state index is 10.5. The molecule has 0 unspecified atom stereocenters. The van der Waals surface area contributed by atoms with E-state index in [-0.39, 0.29) is 24.8 Å². The fraction of sp³-hybridized carbons (Fsp3) is 0.625. The van der Waals surface area contributed by atoms with Crippen LogP contribution in [-0.2, 0) is 0 Å². The Morgan fingerprint density at radius 3 is 2.43 bits per heavy atom. The summed E-state index contributed by atoms with van der Waals surface area (Å²) in [7, 11) is 1.67. The fourth-order valence-electron chi connectivity index (χ4n) is 3.40. The average Bonchev–Trinajstić information content (AvgIpc) is 2.46. The quantitative estimate of drug-likeness (QED) is 0.767. The third-order valence-electron chi connectivity index (χ3n) is 4.76. The number of phenolic OH excluding ortho intramolecular Hbond substituents is 1. The molecule has 7 heteroatoms.